The molecule has 4 heteroatoms. The molecule has 0 aliphatic rings. The average Bonchev–Trinajstić information content (AvgIpc) is 2.12. The van der Waals surface area contributed by atoms with Gasteiger partial charge in [0, 0.05) is 18.8 Å². The molecule has 1 aromatic rings. The second-order valence-electron chi connectivity index (χ2n) is 2.60. The number of thioether (sulfide) groups is 1. The number of rotatable bonds is 1. The molecule has 0 bridgehead atoms. The van der Waals surface area contributed by atoms with Crippen molar-refractivity contribution in [1.82, 2.24) is 9.97 Å². The molecule has 0 amide bonds. The lowest BCUT2D eigenvalue weighted by atomic mass is 10.4. The molecule has 3 nitrogen and oxygen atoms in total. The second-order valence-corrected chi connectivity index (χ2v) is 3.76. The highest BCUT2D eigenvalue weighted by molar-refractivity contribution is 8.13. The van der Waals surface area contributed by atoms with E-state index >= 15 is 0 Å². The van der Waals surface area contributed by atoms with Crippen molar-refractivity contribution in [3.8, 4) is 11.8 Å². The lowest BCUT2D eigenvalue weighted by Crippen LogP contribution is -1.90. The molecule has 0 aliphatic heterocycles. The van der Waals surface area contributed by atoms with E-state index in [1.165, 1.54) is 18.7 Å². The summed E-state index contributed by atoms with van der Waals surface area (Å²) in [5, 5.41) is 0.0736. The summed E-state index contributed by atoms with van der Waals surface area (Å²) in [5.74, 6) is 6.62. The van der Waals surface area contributed by atoms with Crippen LogP contribution in [0.3, 0.4) is 0 Å². The molecule has 14 heavy (non-hydrogen) atoms. The van der Waals surface area contributed by atoms with Gasteiger partial charge in [-0.1, -0.05) is 17.7 Å². The molecule has 72 valence electrons. The summed E-state index contributed by atoms with van der Waals surface area (Å²) >= 11 is 1.19. The lowest BCUT2D eigenvalue weighted by molar-refractivity contribution is -0.109. The van der Waals surface area contributed by atoms with Crippen LogP contribution in [0.5, 0.6) is 0 Å². The van der Waals surface area contributed by atoms with Gasteiger partial charge in [0.15, 0.2) is 5.12 Å². The molecule has 0 atom stereocenters. The number of aryl methyl sites for hydroxylation is 1. The Morgan fingerprint density at radius 2 is 2.43 bits per heavy atom. The highest BCUT2D eigenvalue weighted by atomic mass is 32.2. The first-order valence-corrected chi connectivity index (χ1v) is 5.09. The Morgan fingerprint density at radius 3 is 3.07 bits per heavy atom. The van der Waals surface area contributed by atoms with Gasteiger partial charge in [0.2, 0.25) is 5.82 Å². The maximum absolute atomic E-state index is 10.6. The molecular formula is C10H10N2OS. The standard InChI is InChI=1S/C10H10N2OS/c1-8-5-6-11-10(12-8)4-3-7-14-9(2)13/h5-6H,7H2,1-2H3. The minimum absolute atomic E-state index is 0.0736. The first-order valence-electron chi connectivity index (χ1n) is 4.10. The summed E-state index contributed by atoms with van der Waals surface area (Å²) < 4.78 is 0. The molecule has 1 heterocycles. The summed E-state index contributed by atoms with van der Waals surface area (Å²) in [5.41, 5.74) is 0.892. The van der Waals surface area contributed by atoms with Crippen LogP contribution in [0.1, 0.15) is 18.4 Å². The average molecular weight is 206 g/mol. The topological polar surface area (TPSA) is 42.9 Å². The molecular weight excluding hydrogens is 196 g/mol. The lowest BCUT2D eigenvalue weighted by Gasteiger charge is -1.90. The van der Waals surface area contributed by atoms with Crippen molar-refractivity contribution in [2.45, 2.75) is 13.8 Å². The first kappa shape index (κ1) is 10.7. The van der Waals surface area contributed by atoms with Crippen molar-refractivity contribution in [2.24, 2.45) is 0 Å². The van der Waals surface area contributed by atoms with Gasteiger partial charge >= 0.3 is 0 Å². The third-order valence-electron chi connectivity index (χ3n) is 1.34. The van der Waals surface area contributed by atoms with Gasteiger partial charge in [-0.2, -0.15) is 0 Å². The van der Waals surface area contributed by atoms with Gasteiger partial charge in [0.1, 0.15) is 0 Å². The van der Waals surface area contributed by atoms with Gasteiger partial charge < -0.3 is 0 Å². The molecule has 0 saturated heterocycles. The number of nitrogens with zero attached hydrogens (tertiary/aromatic N) is 2. The molecule has 0 radical (unpaired) electrons. The summed E-state index contributed by atoms with van der Waals surface area (Å²) in [6.45, 7) is 3.41. The first-order chi connectivity index (χ1) is 6.68. The molecule has 0 unspecified atom stereocenters. The summed E-state index contributed by atoms with van der Waals surface area (Å²) in [6.07, 6.45) is 1.67. The molecule has 1 aromatic heterocycles. The molecule has 0 fully saturated rings. The Morgan fingerprint density at radius 1 is 1.64 bits per heavy atom. The maximum atomic E-state index is 10.6. The van der Waals surface area contributed by atoms with E-state index in [-0.39, 0.29) is 5.12 Å². The van der Waals surface area contributed by atoms with Gasteiger partial charge in [-0.15, -0.1) is 0 Å². The van der Waals surface area contributed by atoms with E-state index in [2.05, 4.69) is 21.8 Å². The van der Waals surface area contributed by atoms with E-state index in [0.29, 0.717) is 11.6 Å². The van der Waals surface area contributed by atoms with Gasteiger partial charge in [-0.05, 0) is 18.9 Å². The molecule has 0 N–H and O–H groups in total. The molecule has 0 spiro atoms. The Bertz CT molecular complexity index is 393. The van der Waals surface area contributed by atoms with Crippen LogP contribution in [0.4, 0.5) is 0 Å². The number of carbonyl (C=O) groups is 1. The monoisotopic (exact) mass is 206 g/mol. The molecule has 0 aromatic carbocycles. The van der Waals surface area contributed by atoms with Crippen LogP contribution < -0.4 is 0 Å². The zero-order valence-electron chi connectivity index (χ0n) is 8.07. The van der Waals surface area contributed by atoms with Crippen molar-refractivity contribution in [3.63, 3.8) is 0 Å². The zero-order chi connectivity index (χ0) is 10.4. The van der Waals surface area contributed by atoms with E-state index in [4.69, 9.17) is 0 Å². The third-order valence-corrected chi connectivity index (χ3v) is 2.04. The maximum Gasteiger partial charge on any atom is 0.205 e. The quantitative estimate of drug-likeness (QED) is 0.652. The van der Waals surface area contributed by atoms with Crippen molar-refractivity contribution >= 4 is 16.9 Å². The van der Waals surface area contributed by atoms with E-state index in [1.807, 2.05) is 13.0 Å². The van der Waals surface area contributed by atoms with Crippen molar-refractivity contribution in [3.05, 3.63) is 23.8 Å². The van der Waals surface area contributed by atoms with Crippen LogP contribution in [0.25, 0.3) is 0 Å². The van der Waals surface area contributed by atoms with Crippen molar-refractivity contribution in [1.29, 1.82) is 0 Å². The van der Waals surface area contributed by atoms with Crippen LogP contribution in [-0.4, -0.2) is 20.8 Å². The van der Waals surface area contributed by atoms with Crippen molar-refractivity contribution < 1.29 is 4.79 Å². The summed E-state index contributed by atoms with van der Waals surface area (Å²) in [4.78, 5) is 18.7. The van der Waals surface area contributed by atoms with Crippen LogP contribution in [0.15, 0.2) is 12.3 Å². The van der Waals surface area contributed by atoms with Gasteiger partial charge in [0.05, 0.1) is 5.75 Å². The fraction of sp³-hybridized carbons (Fsp3) is 0.300. The fourth-order valence-electron chi connectivity index (χ4n) is 0.762. The highest BCUT2D eigenvalue weighted by Gasteiger charge is 1.91. The van der Waals surface area contributed by atoms with E-state index in [1.54, 1.807) is 6.20 Å². The van der Waals surface area contributed by atoms with Crippen LogP contribution in [0.2, 0.25) is 0 Å². The summed E-state index contributed by atoms with van der Waals surface area (Å²) in [7, 11) is 0. The normalized spacial score (nSPS) is 9.00. The third kappa shape index (κ3) is 4.06. The van der Waals surface area contributed by atoms with Crippen LogP contribution >= 0.6 is 11.8 Å². The van der Waals surface area contributed by atoms with Crippen LogP contribution in [0, 0.1) is 18.8 Å². The fourth-order valence-corrected chi connectivity index (χ4v) is 1.11. The SMILES string of the molecule is CC(=O)SCC#Cc1nccc(C)n1. The second kappa shape index (κ2) is 5.40. The van der Waals surface area contributed by atoms with Crippen molar-refractivity contribution in [2.75, 3.05) is 5.75 Å². The van der Waals surface area contributed by atoms with Gasteiger partial charge in [-0.25, -0.2) is 9.97 Å². The van der Waals surface area contributed by atoms with Crippen LogP contribution in [-0.2, 0) is 4.79 Å². The Hall–Kier alpha value is -1.34. The highest BCUT2D eigenvalue weighted by Crippen LogP contribution is 1.98. The summed E-state index contributed by atoms with van der Waals surface area (Å²) in [6, 6.07) is 1.81. The predicted octanol–water partition coefficient (Wildman–Crippen LogP) is 1.42. The van der Waals surface area contributed by atoms with Gasteiger partial charge in [-0.3, -0.25) is 4.79 Å². The Kier molecular flexibility index (Phi) is 4.14. The molecule has 1 rings (SSSR count). The largest absolute Gasteiger partial charge is 0.288 e. The minimum atomic E-state index is 0.0736. The smallest absolute Gasteiger partial charge is 0.205 e. The van der Waals surface area contributed by atoms with E-state index < -0.39 is 0 Å². The number of hydrogen-bond donors (Lipinski definition) is 0. The molecule has 0 saturated carbocycles. The Balaban J connectivity index is 2.55. The minimum Gasteiger partial charge on any atom is -0.288 e. The number of carbonyl (C=O) groups excluding carboxylic acids is 1. The molecule has 0 aliphatic carbocycles. The predicted molar refractivity (Wildman–Crippen MR) is 56.8 cm³/mol. The number of hydrogen-bond acceptors (Lipinski definition) is 4. The number of aromatic nitrogens is 2. The Labute approximate surface area is 87.3 Å². The van der Waals surface area contributed by atoms with E-state index in [9.17, 15) is 4.79 Å². The van der Waals surface area contributed by atoms with Gasteiger partial charge in [0.25, 0.3) is 0 Å². The zero-order valence-corrected chi connectivity index (χ0v) is 8.89. The van der Waals surface area contributed by atoms with E-state index in [0.717, 1.165) is 5.69 Å².